The fourth-order valence-corrected chi connectivity index (χ4v) is 4.11. The highest BCUT2D eigenvalue weighted by atomic mass is 16.5. The summed E-state index contributed by atoms with van der Waals surface area (Å²) in [6.45, 7) is 7.41. The summed E-state index contributed by atoms with van der Waals surface area (Å²) in [5.41, 5.74) is 0.748. The standard InChI is InChI=1S/C15H28O2/c1-4-6-12(16)11-17-13-14(2)7-5-8-15(13,3)10-9-14/h12-13,16H,4-11H2,1-3H3. The molecule has 2 aliphatic carbocycles. The first-order valence-corrected chi connectivity index (χ1v) is 7.30. The lowest BCUT2D eigenvalue weighted by atomic mass is 9.68. The van der Waals surface area contributed by atoms with Crippen molar-refractivity contribution in [1.82, 2.24) is 0 Å². The molecule has 2 nitrogen and oxygen atoms in total. The van der Waals surface area contributed by atoms with Crippen molar-refractivity contribution in [3.8, 4) is 0 Å². The predicted octanol–water partition coefficient (Wildman–Crippen LogP) is 3.52. The molecule has 2 saturated carbocycles. The highest BCUT2D eigenvalue weighted by Crippen LogP contribution is 2.59. The maximum atomic E-state index is 9.82. The van der Waals surface area contributed by atoms with Gasteiger partial charge < -0.3 is 9.84 Å². The van der Waals surface area contributed by atoms with Crippen LogP contribution in [-0.2, 0) is 4.74 Å². The number of fused-ring (bicyclic) bond motifs is 2. The van der Waals surface area contributed by atoms with E-state index in [2.05, 4.69) is 20.8 Å². The Morgan fingerprint density at radius 3 is 2.29 bits per heavy atom. The Labute approximate surface area is 106 Å². The summed E-state index contributed by atoms with van der Waals surface area (Å²) in [5, 5.41) is 9.82. The van der Waals surface area contributed by atoms with Crippen molar-refractivity contribution >= 4 is 0 Å². The molecule has 2 heteroatoms. The zero-order valence-corrected chi connectivity index (χ0v) is 11.7. The molecule has 17 heavy (non-hydrogen) atoms. The van der Waals surface area contributed by atoms with Crippen LogP contribution in [0.3, 0.4) is 0 Å². The Morgan fingerprint density at radius 1 is 1.18 bits per heavy atom. The Hall–Kier alpha value is -0.0800. The summed E-state index contributed by atoms with van der Waals surface area (Å²) in [4.78, 5) is 0. The minimum Gasteiger partial charge on any atom is -0.391 e. The summed E-state index contributed by atoms with van der Waals surface area (Å²) in [5.74, 6) is 0. The van der Waals surface area contributed by atoms with Crippen molar-refractivity contribution in [2.45, 2.75) is 77.9 Å². The topological polar surface area (TPSA) is 29.5 Å². The minimum atomic E-state index is -0.270. The molecule has 0 radical (unpaired) electrons. The van der Waals surface area contributed by atoms with Crippen molar-refractivity contribution in [3.05, 3.63) is 0 Å². The maximum Gasteiger partial charge on any atom is 0.0773 e. The number of hydrogen-bond donors (Lipinski definition) is 1. The zero-order chi connectivity index (χ0) is 12.5. The molecule has 0 aliphatic heterocycles. The Balaban J connectivity index is 1.95. The molecule has 2 aliphatic rings. The van der Waals surface area contributed by atoms with Crippen molar-refractivity contribution in [2.75, 3.05) is 6.61 Å². The highest BCUT2D eigenvalue weighted by Gasteiger charge is 2.55. The summed E-state index contributed by atoms with van der Waals surface area (Å²) in [6, 6.07) is 0. The second-order valence-electron chi connectivity index (χ2n) is 6.82. The van der Waals surface area contributed by atoms with Crippen LogP contribution in [0.25, 0.3) is 0 Å². The van der Waals surface area contributed by atoms with Crippen LogP contribution in [0.5, 0.6) is 0 Å². The Kier molecular flexibility index (Phi) is 3.84. The Bertz CT molecular complexity index is 248. The third-order valence-electron chi connectivity index (χ3n) is 5.11. The molecule has 0 aromatic heterocycles. The molecule has 2 fully saturated rings. The quantitative estimate of drug-likeness (QED) is 0.796. The van der Waals surface area contributed by atoms with E-state index >= 15 is 0 Å². The van der Waals surface area contributed by atoms with Gasteiger partial charge in [-0.05, 0) is 42.9 Å². The van der Waals surface area contributed by atoms with Crippen LogP contribution in [-0.4, -0.2) is 23.9 Å². The number of rotatable bonds is 5. The summed E-state index contributed by atoms with van der Waals surface area (Å²) in [6.07, 6.45) is 8.56. The molecule has 3 atom stereocenters. The first-order chi connectivity index (χ1) is 8.00. The van der Waals surface area contributed by atoms with E-state index in [4.69, 9.17) is 4.74 Å². The first kappa shape index (κ1) is 13.4. The number of aliphatic hydroxyl groups excluding tert-OH is 1. The van der Waals surface area contributed by atoms with Gasteiger partial charge in [-0.25, -0.2) is 0 Å². The minimum absolute atomic E-state index is 0.270. The van der Waals surface area contributed by atoms with E-state index < -0.39 is 0 Å². The molecule has 100 valence electrons. The van der Waals surface area contributed by atoms with Gasteiger partial charge in [-0.2, -0.15) is 0 Å². The average molecular weight is 240 g/mol. The summed E-state index contributed by atoms with van der Waals surface area (Å²) >= 11 is 0. The van der Waals surface area contributed by atoms with Gasteiger partial charge in [-0.1, -0.05) is 33.6 Å². The fourth-order valence-electron chi connectivity index (χ4n) is 4.11. The van der Waals surface area contributed by atoms with Crippen LogP contribution in [0.2, 0.25) is 0 Å². The molecule has 0 heterocycles. The summed E-state index contributed by atoms with van der Waals surface area (Å²) < 4.78 is 6.14. The van der Waals surface area contributed by atoms with Gasteiger partial charge >= 0.3 is 0 Å². The molecule has 0 aromatic carbocycles. The summed E-state index contributed by atoms with van der Waals surface area (Å²) in [7, 11) is 0. The van der Waals surface area contributed by atoms with Crippen molar-refractivity contribution < 1.29 is 9.84 Å². The molecule has 0 aromatic rings. The van der Waals surface area contributed by atoms with Gasteiger partial charge in [-0.15, -0.1) is 0 Å². The van der Waals surface area contributed by atoms with Crippen molar-refractivity contribution in [2.24, 2.45) is 10.8 Å². The average Bonchev–Trinajstić information content (AvgIpc) is 2.41. The molecule has 2 bridgehead atoms. The van der Waals surface area contributed by atoms with E-state index in [9.17, 15) is 5.11 Å². The molecular formula is C15H28O2. The van der Waals surface area contributed by atoms with Crippen LogP contribution in [0.4, 0.5) is 0 Å². The zero-order valence-electron chi connectivity index (χ0n) is 11.7. The van der Waals surface area contributed by atoms with Gasteiger partial charge in [0.05, 0.1) is 18.8 Å². The van der Waals surface area contributed by atoms with Gasteiger partial charge in [0, 0.05) is 0 Å². The lowest BCUT2D eigenvalue weighted by Gasteiger charge is -2.44. The van der Waals surface area contributed by atoms with E-state index in [0.717, 1.165) is 12.8 Å². The smallest absolute Gasteiger partial charge is 0.0773 e. The lowest BCUT2D eigenvalue weighted by Crippen LogP contribution is -2.44. The number of aliphatic hydroxyl groups is 1. The van der Waals surface area contributed by atoms with Crippen LogP contribution in [0, 0.1) is 10.8 Å². The third kappa shape index (κ3) is 2.53. The van der Waals surface area contributed by atoms with Crippen LogP contribution in [0.1, 0.15) is 65.7 Å². The first-order valence-electron chi connectivity index (χ1n) is 7.30. The van der Waals surface area contributed by atoms with Crippen LogP contribution in [0.15, 0.2) is 0 Å². The van der Waals surface area contributed by atoms with Crippen molar-refractivity contribution in [1.29, 1.82) is 0 Å². The highest BCUT2D eigenvalue weighted by molar-refractivity contribution is 5.05. The predicted molar refractivity (Wildman–Crippen MR) is 70.0 cm³/mol. The van der Waals surface area contributed by atoms with E-state index in [1.165, 1.54) is 32.1 Å². The Morgan fingerprint density at radius 2 is 1.76 bits per heavy atom. The second kappa shape index (κ2) is 4.89. The lowest BCUT2D eigenvalue weighted by molar-refractivity contribution is -0.116. The van der Waals surface area contributed by atoms with Gasteiger partial charge in [0.1, 0.15) is 0 Å². The normalized spacial score (nSPS) is 42.7. The van der Waals surface area contributed by atoms with Gasteiger partial charge in [-0.3, -0.25) is 0 Å². The monoisotopic (exact) mass is 240 g/mol. The number of ether oxygens (including phenoxy) is 1. The van der Waals surface area contributed by atoms with Crippen LogP contribution < -0.4 is 0 Å². The van der Waals surface area contributed by atoms with E-state index in [-0.39, 0.29) is 6.10 Å². The second-order valence-corrected chi connectivity index (χ2v) is 6.82. The van der Waals surface area contributed by atoms with Crippen molar-refractivity contribution in [3.63, 3.8) is 0 Å². The molecular weight excluding hydrogens is 212 g/mol. The molecule has 3 unspecified atom stereocenters. The van der Waals surface area contributed by atoms with Crippen LogP contribution >= 0.6 is 0 Å². The fraction of sp³-hybridized carbons (Fsp3) is 1.00. The molecule has 0 amide bonds. The van der Waals surface area contributed by atoms with Gasteiger partial charge in [0.25, 0.3) is 0 Å². The molecule has 0 spiro atoms. The van der Waals surface area contributed by atoms with E-state index in [1.807, 2.05) is 0 Å². The third-order valence-corrected chi connectivity index (χ3v) is 5.11. The SMILES string of the molecule is CCCC(O)COC1C2(C)CCCC1(C)CC2. The molecule has 2 rings (SSSR count). The van der Waals surface area contributed by atoms with E-state index in [0.29, 0.717) is 23.5 Å². The molecule has 0 saturated heterocycles. The van der Waals surface area contributed by atoms with Gasteiger partial charge in [0.2, 0.25) is 0 Å². The largest absolute Gasteiger partial charge is 0.391 e. The van der Waals surface area contributed by atoms with E-state index in [1.54, 1.807) is 0 Å². The maximum absolute atomic E-state index is 9.82. The van der Waals surface area contributed by atoms with Gasteiger partial charge in [0.15, 0.2) is 0 Å². The molecule has 1 N–H and O–H groups in total. The number of hydrogen-bond acceptors (Lipinski definition) is 2.